The second-order valence-corrected chi connectivity index (χ2v) is 9.74. The number of anilines is 1. The summed E-state index contributed by atoms with van der Waals surface area (Å²) >= 11 is 4.29. The van der Waals surface area contributed by atoms with E-state index in [2.05, 4.69) is 25.4 Å². The molecule has 1 aliphatic heterocycles. The normalized spacial score (nSPS) is 14.6. The van der Waals surface area contributed by atoms with Crippen molar-refractivity contribution in [2.75, 3.05) is 24.9 Å². The van der Waals surface area contributed by atoms with E-state index in [4.69, 9.17) is 0 Å². The number of benzene rings is 1. The van der Waals surface area contributed by atoms with Crippen LogP contribution in [0.2, 0.25) is 0 Å². The number of methoxy groups -OCH3 is 1. The van der Waals surface area contributed by atoms with Crippen LogP contribution in [0.1, 0.15) is 39.3 Å². The number of carbonyl (C=O) groups excluding carboxylic acids is 2. The third kappa shape index (κ3) is 4.39. The van der Waals surface area contributed by atoms with Crippen molar-refractivity contribution in [1.29, 1.82) is 0 Å². The molecule has 150 valence electrons. The number of nitrogens with zero attached hydrogens (tertiary/aromatic N) is 1. The Bertz CT molecular complexity index is 997. The van der Waals surface area contributed by atoms with Crippen LogP contribution in [0.5, 0.6) is 0 Å². The van der Waals surface area contributed by atoms with Crippen LogP contribution >= 0.6 is 27.3 Å². The Kier molecular flexibility index (Phi) is 6.41. The number of amides is 1. The van der Waals surface area contributed by atoms with Crippen LogP contribution in [-0.4, -0.2) is 45.4 Å². The quantitative estimate of drug-likeness (QED) is 0.649. The number of sulfonamides is 1. The Morgan fingerprint density at radius 3 is 2.57 bits per heavy atom. The predicted molar refractivity (Wildman–Crippen MR) is 110 cm³/mol. The first kappa shape index (κ1) is 20.8. The molecule has 0 atom stereocenters. The highest BCUT2D eigenvalue weighted by molar-refractivity contribution is 9.10. The number of esters is 1. The third-order valence-corrected chi connectivity index (χ3v) is 7.31. The van der Waals surface area contributed by atoms with Gasteiger partial charge in [0.1, 0.15) is 9.77 Å². The zero-order valence-electron chi connectivity index (χ0n) is 15.1. The van der Waals surface area contributed by atoms with E-state index in [1.165, 1.54) is 18.6 Å². The smallest absolute Gasteiger partial charge is 0.349 e. The molecule has 0 saturated carbocycles. The van der Waals surface area contributed by atoms with Gasteiger partial charge in [-0.2, -0.15) is 0 Å². The van der Waals surface area contributed by atoms with Crippen LogP contribution in [0.15, 0.2) is 39.0 Å². The van der Waals surface area contributed by atoms with Crippen LogP contribution in [0.25, 0.3) is 0 Å². The summed E-state index contributed by atoms with van der Waals surface area (Å²) in [7, 11) is -2.90. The van der Waals surface area contributed by atoms with Gasteiger partial charge in [-0.05, 0) is 48.9 Å². The van der Waals surface area contributed by atoms with E-state index in [1.54, 1.807) is 23.1 Å². The van der Waals surface area contributed by atoms with Gasteiger partial charge >= 0.3 is 5.97 Å². The second-order valence-electron chi connectivity index (χ2n) is 6.25. The van der Waals surface area contributed by atoms with E-state index < -0.39 is 16.0 Å². The van der Waals surface area contributed by atoms with Gasteiger partial charge in [-0.15, -0.1) is 11.3 Å². The van der Waals surface area contributed by atoms with E-state index >= 15 is 0 Å². The number of likely N-dealkylation sites (tertiary alicyclic amines) is 1. The highest BCUT2D eigenvalue weighted by atomic mass is 79.9. The average molecular weight is 487 g/mol. The van der Waals surface area contributed by atoms with Crippen molar-refractivity contribution in [3.05, 3.63) is 44.6 Å². The van der Waals surface area contributed by atoms with E-state index in [1.807, 2.05) is 0 Å². The highest BCUT2D eigenvalue weighted by Gasteiger charge is 2.27. The molecule has 0 radical (unpaired) electrons. The van der Waals surface area contributed by atoms with Crippen LogP contribution in [0.4, 0.5) is 5.69 Å². The van der Waals surface area contributed by atoms with Crippen molar-refractivity contribution in [2.45, 2.75) is 24.2 Å². The number of nitrogens with one attached hydrogen (secondary N) is 1. The van der Waals surface area contributed by atoms with E-state index in [-0.39, 0.29) is 26.9 Å². The maximum atomic E-state index is 12.9. The third-order valence-electron chi connectivity index (χ3n) is 4.39. The van der Waals surface area contributed by atoms with E-state index in [0.717, 1.165) is 30.6 Å². The monoisotopic (exact) mass is 486 g/mol. The Hall–Kier alpha value is -1.91. The molecule has 7 nitrogen and oxygen atoms in total. The largest absolute Gasteiger partial charge is 0.465 e. The summed E-state index contributed by atoms with van der Waals surface area (Å²) in [5.41, 5.74) is 0.426. The fraction of sp³-hybridized carbons (Fsp3) is 0.333. The summed E-state index contributed by atoms with van der Waals surface area (Å²) in [6.07, 6.45) is 2.94. The molecule has 1 fully saturated rings. The molecule has 2 aromatic rings. The molecule has 2 heterocycles. The molecule has 0 unspecified atom stereocenters. The van der Waals surface area contributed by atoms with Gasteiger partial charge in [0.25, 0.3) is 15.9 Å². The number of hydrogen-bond donors (Lipinski definition) is 1. The Morgan fingerprint density at radius 1 is 1.18 bits per heavy atom. The molecule has 1 saturated heterocycles. The lowest BCUT2D eigenvalue weighted by Crippen LogP contribution is -2.36. The molecule has 1 aromatic heterocycles. The second kappa shape index (κ2) is 8.62. The van der Waals surface area contributed by atoms with Gasteiger partial charge in [0, 0.05) is 17.6 Å². The number of hydrogen-bond acceptors (Lipinski definition) is 6. The first-order valence-corrected chi connectivity index (χ1v) is 11.8. The van der Waals surface area contributed by atoms with Crippen LogP contribution in [0, 0.1) is 0 Å². The first-order chi connectivity index (χ1) is 13.3. The van der Waals surface area contributed by atoms with Crippen molar-refractivity contribution in [3.63, 3.8) is 0 Å². The molecular weight excluding hydrogens is 468 g/mol. The molecule has 0 aliphatic carbocycles. The SMILES string of the molecule is COC(=O)c1sccc1S(=O)(=O)Nc1cc(Br)ccc1C(=O)N1CCCCC1. The number of rotatable bonds is 5. The number of thiophene rings is 1. The minimum absolute atomic E-state index is 0.0195. The average Bonchev–Trinajstić information content (AvgIpc) is 3.18. The van der Waals surface area contributed by atoms with Gasteiger partial charge in [0.2, 0.25) is 0 Å². The van der Waals surface area contributed by atoms with E-state index in [9.17, 15) is 18.0 Å². The molecular formula is C18H19BrN2O5S2. The van der Waals surface area contributed by atoms with Gasteiger partial charge in [-0.3, -0.25) is 9.52 Å². The molecule has 1 amide bonds. The zero-order valence-corrected chi connectivity index (χ0v) is 18.3. The van der Waals surface area contributed by atoms with Gasteiger partial charge in [-0.25, -0.2) is 13.2 Å². The number of ether oxygens (including phenoxy) is 1. The minimum atomic E-state index is -4.09. The lowest BCUT2D eigenvalue weighted by atomic mass is 10.1. The minimum Gasteiger partial charge on any atom is -0.465 e. The molecule has 1 aliphatic rings. The number of piperidine rings is 1. The van der Waals surface area contributed by atoms with Crippen molar-refractivity contribution < 1.29 is 22.7 Å². The lowest BCUT2D eigenvalue weighted by molar-refractivity contribution is 0.0602. The molecule has 28 heavy (non-hydrogen) atoms. The molecule has 1 N–H and O–H groups in total. The number of carbonyl (C=O) groups is 2. The van der Waals surface area contributed by atoms with Crippen molar-refractivity contribution in [2.24, 2.45) is 0 Å². The fourth-order valence-corrected chi connectivity index (χ4v) is 5.77. The first-order valence-electron chi connectivity index (χ1n) is 8.61. The Balaban J connectivity index is 1.95. The summed E-state index contributed by atoms with van der Waals surface area (Å²) in [6.45, 7) is 1.30. The number of halogens is 1. The summed E-state index contributed by atoms with van der Waals surface area (Å²) in [5, 5.41) is 1.50. The van der Waals surface area contributed by atoms with Crippen LogP contribution in [0.3, 0.4) is 0 Å². The lowest BCUT2D eigenvalue weighted by Gasteiger charge is -2.27. The van der Waals surface area contributed by atoms with Gasteiger partial charge in [0.05, 0.1) is 18.4 Å². The molecule has 0 spiro atoms. The van der Waals surface area contributed by atoms with Crippen LogP contribution in [-0.2, 0) is 14.8 Å². The maximum Gasteiger partial charge on any atom is 0.349 e. The van der Waals surface area contributed by atoms with Gasteiger partial charge in [-0.1, -0.05) is 15.9 Å². The van der Waals surface area contributed by atoms with Gasteiger partial charge < -0.3 is 9.64 Å². The predicted octanol–water partition coefficient (Wildman–Crippen LogP) is 3.72. The topological polar surface area (TPSA) is 92.8 Å². The summed E-state index contributed by atoms with van der Waals surface area (Å²) in [6, 6.07) is 6.16. The molecule has 1 aromatic carbocycles. The molecule has 10 heteroatoms. The van der Waals surface area contributed by atoms with Crippen molar-refractivity contribution in [3.8, 4) is 0 Å². The maximum absolute atomic E-state index is 12.9. The summed E-state index contributed by atoms with van der Waals surface area (Å²) in [4.78, 5) is 26.3. The Labute approximate surface area is 175 Å². The highest BCUT2D eigenvalue weighted by Crippen LogP contribution is 2.29. The van der Waals surface area contributed by atoms with Crippen molar-refractivity contribution >= 4 is 54.9 Å². The summed E-state index contributed by atoms with van der Waals surface area (Å²) < 4.78 is 33.6. The van der Waals surface area contributed by atoms with Gasteiger partial charge in [0.15, 0.2) is 0 Å². The zero-order chi connectivity index (χ0) is 20.3. The Morgan fingerprint density at radius 2 is 1.89 bits per heavy atom. The van der Waals surface area contributed by atoms with Crippen molar-refractivity contribution in [1.82, 2.24) is 4.90 Å². The fourth-order valence-electron chi connectivity index (χ4n) is 3.01. The van der Waals surface area contributed by atoms with Crippen LogP contribution < -0.4 is 4.72 Å². The molecule has 3 rings (SSSR count). The summed E-state index contributed by atoms with van der Waals surface area (Å²) in [5.74, 6) is -0.947. The standard InChI is InChI=1S/C18H19BrN2O5S2/c1-26-18(23)16-15(7-10-27-16)28(24,25)20-14-11-12(19)5-6-13(14)17(22)21-8-3-2-4-9-21/h5-7,10-11,20H,2-4,8-9H2,1H3. The van der Waals surface area contributed by atoms with E-state index in [0.29, 0.717) is 17.6 Å². The molecule has 0 bridgehead atoms.